The van der Waals surface area contributed by atoms with Gasteiger partial charge in [0.05, 0.1) is 31.1 Å². The normalized spacial score (nSPS) is 11.1. The molecule has 20 heavy (non-hydrogen) atoms. The molecule has 8 heteroatoms. The number of carbonyl (C=O) groups is 1. The van der Waals surface area contributed by atoms with Crippen molar-refractivity contribution < 1.29 is 23.1 Å². The van der Waals surface area contributed by atoms with E-state index in [0.717, 1.165) is 4.31 Å². The Kier molecular flexibility index (Phi) is 5.78. The van der Waals surface area contributed by atoms with Gasteiger partial charge in [-0.3, -0.25) is 9.10 Å². The number of para-hydroxylation sites is 2. The molecule has 0 aliphatic rings. The highest BCUT2D eigenvalue weighted by molar-refractivity contribution is 7.93. The van der Waals surface area contributed by atoms with Gasteiger partial charge < -0.3 is 15.6 Å². The summed E-state index contributed by atoms with van der Waals surface area (Å²) >= 11 is 0. The first kappa shape index (κ1) is 16.3. The molecule has 0 spiro atoms. The van der Waals surface area contributed by atoms with Crippen LogP contribution in [-0.4, -0.2) is 45.0 Å². The van der Waals surface area contributed by atoms with Crippen molar-refractivity contribution in [1.82, 2.24) is 0 Å². The molecule has 0 unspecified atom stereocenters. The van der Waals surface area contributed by atoms with Gasteiger partial charge in [0, 0.05) is 0 Å². The van der Waals surface area contributed by atoms with E-state index in [4.69, 9.17) is 10.8 Å². The summed E-state index contributed by atoms with van der Waals surface area (Å²) in [6.07, 6.45) is 0. The number of rotatable bonds is 7. The molecule has 1 aromatic rings. The van der Waals surface area contributed by atoms with Crippen molar-refractivity contribution in [1.29, 1.82) is 0 Å². The molecule has 0 saturated carbocycles. The molecule has 0 heterocycles. The van der Waals surface area contributed by atoms with E-state index in [0.29, 0.717) is 0 Å². The number of esters is 1. The fourth-order valence-corrected chi connectivity index (χ4v) is 3.01. The third kappa shape index (κ3) is 4.10. The SMILES string of the molecule is CCOC(=O)CS(=O)(=O)N(CCO)c1ccccc1N. The molecule has 0 bridgehead atoms. The van der Waals surface area contributed by atoms with Crippen LogP contribution in [0, 0.1) is 0 Å². The molecule has 0 aliphatic carbocycles. The van der Waals surface area contributed by atoms with E-state index in [9.17, 15) is 13.2 Å². The van der Waals surface area contributed by atoms with E-state index in [1.807, 2.05) is 0 Å². The molecule has 0 aromatic heterocycles. The van der Waals surface area contributed by atoms with Crippen LogP contribution >= 0.6 is 0 Å². The number of ether oxygens (including phenoxy) is 1. The van der Waals surface area contributed by atoms with Gasteiger partial charge in [0.1, 0.15) is 0 Å². The Labute approximate surface area is 118 Å². The molecule has 0 fully saturated rings. The summed E-state index contributed by atoms with van der Waals surface area (Å²) in [5, 5.41) is 9.03. The minimum Gasteiger partial charge on any atom is -0.465 e. The van der Waals surface area contributed by atoms with Crippen LogP contribution in [0.4, 0.5) is 11.4 Å². The van der Waals surface area contributed by atoms with Gasteiger partial charge >= 0.3 is 5.97 Å². The Morgan fingerprint density at radius 1 is 1.40 bits per heavy atom. The number of nitrogen functional groups attached to an aromatic ring is 1. The van der Waals surface area contributed by atoms with Gasteiger partial charge in [0.2, 0.25) is 10.0 Å². The van der Waals surface area contributed by atoms with E-state index in [2.05, 4.69) is 4.74 Å². The standard InChI is InChI=1S/C12H18N2O5S/c1-2-19-12(16)9-20(17,18)14(7-8-15)11-6-4-3-5-10(11)13/h3-6,15H,2,7-9,13H2,1H3. The van der Waals surface area contributed by atoms with E-state index < -0.39 is 28.4 Å². The van der Waals surface area contributed by atoms with E-state index in [-0.39, 0.29) is 24.5 Å². The molecule has 0 radical (unpaired) electrons. The maximum absolute atomic E-state index is 12.2. The van der Waals surface area contributed by atoms with Crippen LogP contribution in [0.1, 0.15) is 6.92 Å². The Morgan fingerprint density at radius 2 is 2.05 bits per heavy atom. The lowest BCUT2D eigenvalue weighted by atomic mass is 10.3. The summed E-state index contributed by atoms with van der Waals surface area (Å²) in [6, 6.07) is 6.33. The molecule has 0 saturated heterocycles. The highest BCUT2D eigenvalue weighted by Gasteiger charge is 2.27. The predicted octanol–water partition coefficient (Wildman–Crippen LogP) is -0.0396. The number of benzene rings is 1. The number of hydrogen-bond acceptors (Lipinski definition) is 6. The highest BCUT2D eigenvalue weighted by atomic mass is 32.2. The number of carbonyl (C=O) groups excluding carboxylic acids is 1. The summed E-state index contributed by atoms with van der Waals surface area (Å²) < 4.78 is 30.0. The summed E-state index contributed by atoms with van der Waals surface area (Å²) in [5.41, 5.74) is 6.21. The maximum atomic E-state index is 12.2. The lowest BCUT2D eigenvalue weighted by molar-refractivity contribution is -0.139. The van der Waals surface area contributed by atoms with Crippen LogP contribution in [0.5, 0.6) is 0 Å². The van der Waals surface area contributed by atoms with Gasteiger partial charge in [-0.15, -0.1) is 0 Å². The highest BCUT2D eigenvalue weighted by Crippen LogP contribution is 2.25. The number of hydrogen-bond donors (Lipinski definition) is 2. The van der Waals surface area contributed by atoms with Crippen molar-refractivity contribution in [3.63, 3.8) is 0 Å². The zero-order valence-electron chi connectivity index (χ0n) is 11.2. The Hall–Kier alpha value is -1.80. The van der Waals surface area contributed by atoms with Crippen molar-refractivity contribution in [3.05, 3.63) is 24.3 Å². The molecular weight excluding hydrogens is 284 g/mol. The second-order valence-corrected chi connectivity index (χ2v) is 5.81. The first-order chi connectivity index (χ1) is 9.42. The van der Waals surface area contributed by atoms with Gasteiger partial charge in [-0.2, -0.15) is 0 Å². The lowest BCUT2D eigenvalue weighted by Gasteiger charge is -2.24. The van der Waals surface area contributed by atoms with Gasteiger partial charge in [0.15, 0.2) is 5.75 Å². The third-order valence-corrected chi connectivity index (χ3v) is 4.10. The number of aliphatic hydroxyl groups excluding tert-OH is 1. The Bertz CT molecular complexity index is 559. The van der Waals surface area contributed by atoms with Crippen molar-refractivity contribution in [3.8, 4) is 0 Å². The van der Waals surface area contributed by atoms with Crippen molar-refractivity contribution >= 4 is 27.4 Å². The minimum atomic E-state index is -3.96. The quantitative estimate of drug-likeness (QED) is 0.540. The van der Waals surface area contributed by atoms with Crippen LogP contribution in [0.25, 0.3) is 0 Å². The van der Waals surface area contributed by atoms with Gasteiger partial charge in [0.25, 0.3) is 0 Å². The fraction of sp³-hybridized carbons (Fsp3) is 0.417. The first-order valence-corrected chi connectivity index (χ1v) is 7.64. The summed E-state index contributed by atoms with van der Waals surface area (Å²) in [5.74, 6) is -1.64. The third-order valence-electron chi connectivity index (χ3n) is 2.45. The predicted molar refractivity (Wildman–Crippen MR) is 75.7 cm³/mol. The van der Waals surface area contributed by atoms with Crippen molar-refractivity contribution in [2.75, 3.05) is 35.6 Å². The lowest BCUT2D eigenvalue weighted by Crippen LogP contribution is -2.38. The summed E-state index contributed by atoms with van der Waals surface area (Å²) in [6.45, 7) is 1.11. The second-order valence-electron chi connectivity index (χ2n) is 3.92. The zero-order valence-corrected chi connectivity index (χ0v) is 12.0. The van der Waals surface area contributed by atoms with Crippen molar-refractivity contribution in [2.24, 2.45) is 0 Å². The molecule has 1 aromatic carbocycles. The average molecular weight is 302 g/mol. The Morgan fingerprint density at radius 3 is 2.60 bits per heavy atom. The number of sulfonamides is 1. The molecule has 112 valence electrons. The van der Waals surface area contributed by atoms with Crippen LogP contribution < -0.4 is 10.0 Å². The molecule has 0 aliphatic heterocycles. The van der Waals surface area contributed by atoms with Crippen LogP contribution in [-0.2, 0) is 19.6 Å². The number of aliphatic hydroxyl groups is 1. The van der Waals surface area contributed by atoms with E-state index >= 15 is 0 Å². The molecule has 7 nitrogen and oxygen atoms in total. The largest absolute Gasteiger partial charge is 0.465 e. The van der Waals surface area contributed by atoms with E-state index in [1.54, 1.807) is 25.1 Å². The monoisotopic (exact) mass is 302 g/mol. The van der Waals surface area contributed by atoms with E-state index in [1.165, 1.54) is 6.07 Å². The van der Waals surface area contributed by atoms with Crippen LogP contribution in [0.2, 0.25) is 0 Å². The van der Waals surface area contributed by atoms with Gasteiger partial charge in [-0.1, -0.05) is 12.1 Å². The van der Waals surface area contributed by atoms with Gasteiger partial charge in [-0.25, -0.2) is 8.42 Å². The second kappa shape index (κ2) is 7.11. The minimum absolute atomic E-state index is 0.0990. The van der Waals surface area contributed by atoms with Crippen LogP contribution in [0.3, 0.4) is 0 Å². The molecule has 0 amide bonds. The molecular formula is C12H18N2O5S. The van der Waals surface area contributed by atoms with Crippen LogP contribution in [0.15, 0.2) is 24.3 Å². The molecule has 3 N–H and O–H groups in total. The smallest absolute Gasteiger partial charge is 0.323 e. The number of nitrogens with two attached hydrogens (primary N) is 1. The molecule has 0 atom stereocenters. The first-order valence-electron chi connectivity index (χ1n) is 6.03. The topological polar surface area (TPSA) is 110 Å². The van der Waals surface area contributed by atoms with Gasteiger partial charge in [-0.05, 0) is 19.1 Å². The summed E-state index contributed by atoms with van der Waals surface area (Å²) in [4.78, 5) is 11.4. The Balaban J connectivity index is 3.07. The summed E-state index contributed by atoms with van der Waals surface area (Å²) in [7, 11) is -3.96. The van der Waals surface area contributed by atoms with Crippen molar-refractivity contribution in [2.45, 2.75) is 6.92 Å². The molecule has 1 rings (SSSR count). The zero-order chi connectivity index (χ0) is 15.2. The number of anilines is 2. The number of nitrogens with zero attached hydrogens (tertiary/aromatic N) is 1. The fourth-order valence-electron chi connectivity index (χ4n) is 1.64. The average Bonchev–Trinajstić information content (AvgIpc) is 2.36. The maximum Gasteiger partial charge on any atom is 0.323 e.